The molecule has 1 aliphatic rings. The highest BCUT2D eigenvalue weighted by molar-refractivity contribution is 5.74. The summed E-state index contributed by atoms with van der Waals surface area (Å²) < 4.78 is 21.8. The van der Waals surface area contributed by atoms with Gasteiger partial charge in [0.25, 0.3) is 0 Å². The Kier molecular flexibility index (Phi) is 2.89. The van der Waals surface area contributed by atoms with E-state index in [1.807, 2.05) is 0 Å². The maximum Gasteiger partial charge on any atom is 0.192 e. The van der Waals surface area contributed by atoms with E-state index in [0.717, 1.165) is 0 Å². The molecule has 0 radical (unpaired) electrons. The third kappa shape index (κ3) is 1.82. The molecular weight excluding hydrogens is 260 g/mol. The first-order valence-corrected chi connectivity index (χ1v) is 6.17. The Morgan fingerprint density at radius 1 is 1.10 bits per heavy atom. The van der Waals surface area contributed by atoms with Crippen LogP contribution in [0, 0.1) is 6.92 Å². The molecule has 2 aromatic rings. The van der Waals surface area contributed by atoms with Crippen LogP contribution in [0.4, 0.5) is 0 Å². The first-order chi connectivity index (χ1) is 9.63. The topological polar surface area (TPSA) is 57.9 Å². The van der Waals surface area contributed by atoms with Gasteiger partial charge >= 0.3 is 0 Å². The van der Waals surface area contributed by atoms with Crippen molar-refractivity contribution in [3.8, 4) is 28.6 Å². The molecule has 0 saturated carbocycles. The van der Waals surface area contributed by atoms with Crippen LogP contribution in [-0.4, -0.2) is 14.2 Å². The highest BCUT2D eigenvalue weighted by Crippen LogP contribution is 2.43. The Morgan fingerprint density at radius 3 is 2.50 bits per heavy atom. The largest absolute Gasteiger partial charge is 0.493 e. The van der Waals surface area contributed by atoms with E-state index in [4.69, 9.17) is 18.6 Å². The van der Waals surface area contributed by atoms with Crippen LogP contribution in [0.25, 0.3) is 11.3 Å². The van der Waals surface area contributed by atoms with Crippen molar-refractivity contribution in [2.45, 2.75) is 13.5 Å². The molecule has 5 nitrogen and oxygen atoms in total. The van der Waals surface area contributed by atoms with Crippen molar-refractivity contribution in [2.24, 2.45) is 0 Å². The Balaban J connectivity index is 2.28. The lowest BCUT2D eigenvalue weighted by atomic mass is 10.0. The number of aryl methyl sites for hydroxylation is 1. The molecule has 0 saturated heterocycles. The zero-order chi connectivity index (χ0) is 14.3. The second-order valence-electron chi connectivity index (χ2n) is 4.52. The lowest BCUT2D eigenvalue weighted by Crippen LogP contribution is -2.17. The summed E-state index contributed by atoms with van der Waals surface area (Å²) in [4.78, 5) is 12.0. The molecule has 0 unspecified atom stereocenters. The van der Waals surface area contributed by atoms with Crippen LogP contribution < -0.4 is 19.6 Å². The minimum absolute atomic E-state index is 0.0795. The molecule has 1 aliphatic heterocycles. The zero-order valence-corrected chi connectivity index (χ0v) is 11.5. The highest BCUT2D eigenvalue weighted by atomic mass is 16.5. The number of hydrogen-bond acceptors (Lipinski definition) is 5. The van der Waals surface area contributed by atoms with E-state index in [9.17, 15) is 4.79 Å². The molecule has 104 valence electrons. The highest BCUT2D eigenvalue weighted by Gasteiger charge is 2.25. The van der Waals surface area contributed by atoms with Crippen molar-refractivity contribution in [2.75, 3.05) is 14.2 Å². The average molecular weight is 274 g/mol. The predicted molar refractivity (Wildman–Crippen MR) is 72.6 cm³/mol. The van der Waals surface area contributed by atoms with Gasteiger partial charge in [-0.2, -0.15) is 0 Å². The lowest BCUT2D eigenvalue weighted by Gasteiger charge is -2.21. The number of methoxy groups -OCH3 is 2. The number of benzene rings is 1. The van der Waals surface area contributed by atoms with Crippen LogP contribution in [0.3, 0.4) is 0 Å². The summed E-state index contributed by atoms with van der Waals surface area (Å²) in [5, 5.41) is 0. The van der Waals surface area contributed by atoms with Gasteiger partial charge in [0.15, 0.2) is 16.9 Å². The first kappa shape index (κ1) is 12.6. The van der Waals surface area contributed by atoms with Crippen molar-refractivity contribution in [1.29, 1.82) is 0 Å². The quantitative estimate of drug-likeness (QED) is 0.842. The molecule has 0 bridgehead atoms. The minimum Gasteiger partial charge on any atom is -0.493 e. The second kappa shape index (κ2) is 4.59. The molecule has 0 spiro atoms. The summed E-state index contributed by atoms with van der Waals surface area (Å²) in [6.07, 6.45) is 0. The molecule has 0 aliphatic carbocycles. The normalized spacial score (nSPS) is 12.2. The van der Waals surface area contributed by atoms with E-state index in [0.29, 0.717) is 39.9 Å². The maximum absolute atomic E-state index is 12.0. The van der Waals surface area contributed by atoms with Gasteiger partial charge in [0, 0.05) is 12.1 Å². The molecular formula is C15H14O5. The Hall–Kier alpha value is -2.43. The number of fused-ring (bicyclic) bond motifs is 3. The smallest absolute Gasteiger partial charge is 0.192 e. The molecule has 0 atom stereocenters. The summed E-state index contributed by atoms with van der Waals surface area (Å²) in [5.74, 6) is 2.86. The van der Waals surface area contributed by atoms with Crippen molar-refractivity contribution >= 4 is 0 Å². The number of rotatable bonds is 2. The van der Waals surface area contributed by atoms with Crippen molar-refractivity contribution in [3.05, 3.63) is 39.7 Å². The minimum atomic E-state index is -0.0795. The average Bonchev–Trinajstić information content (AvgIpc) is 2.45. The molecule has 3 rings (SSSR count). The van der Waals surface area contributed by atoms with Gasteiger partial charge in [-0.25, -0.2) is 0 Å². The van der Waals surface area contributed by atoms with E-state index in [1.165, 1.54) is 6.07 Å². The van der Waals surface area contributed by atoms with Gasteiger partial charge in [-0.3, -0.25) is 4.79 Å². The monoisotopic (exact) mass is 274 g/mol. The predicted octanol–water partition coefficient (Wildman–Crippen LogP) is 2.52. The summed E-state index contributed by atoms with van der Waals surface area (Å²) in [5.41, 5.74) is 1.14. The molecule has 1 aromatic carbocycles. The molecule has 0 fully saturated rings. The Labute approximate surface area is 115 Å². The summed E-state index contributed by atoms with van der Waals surface area (Å²) in [6.45, 7) is 1.94. The fraction of sp³-hybridized carbons (Fsp3) is 0.267. The van der Waals surface area contributed by atoms with Crippen LogP contribution in [0.2, 0.25) is 0 Å². The van der Waals surface area contributed by atoms with Gasteiger partial charge < -0.3 is 18.6 Å². The van der Waals surface area contributed by atoms with Gasteiger partial charge in [-0.1, -0.05) is 0 Å². The van der Waals surface area contributed by atoms with Crippen molar-refractivity contribution in [3.63, 3.8) is 0 Å². The second-order valence-corrected chi connectivity index (χ2v) is 4.52. The maximum atomic E-state index is 12.0. The third-order valence-electron chi connectivity index (χ3n) is 3.27. The third-order valence-corrected chi connectivity index (χ3v) is 3.27. The summed E-state index contributed by atoms with van der Waals surface area (Å²) in [7, 11) is 3.12. The number of hydrogen-bond donors (Lipinski definition) is 0. The Bertz CT molecular complexity index is 730. The van der Waals surface area contributed by atoms with Crippen molar-refractivity contribution in [1.82, 2.24) is 0 Å². The van der Waals surface area contributed by atoms with Gasteiger partial charge in [-0.15, -0.1) is 0 Å². The standard InChI is InChI=1S/C15H14O5/c1-8-4-11(16)10-7-19-12-6-14(18-3)13(17-2)5-9(12)15(10)20-8/h4-6H,7H2,1-3H3. The van der Waals surface area contributed by atoms with Crippen molar-refractivity contribution < 1.29 is 18.6 Å². The summed E-state index contributed by atoms with van der Waals surface area (Å²) in [6, 6.07) is 4.96. The SMILES string of the molecule is COc1cc2c(cc1OC)-c1oc(C)cc(=O)c1CO2. The first-order valence-electron chi connectivity index (χ1n) is 6.17. The van der Waals surface area contributed by atoms with Crippen LogP contribution >= 0.6 is 0 Å². The van der Waals surface area contributed by atoms with E-state index in [-0.39, 0.29) is 12.0 Å². The van der Waals surface area contributed by atoms with E-state index >= 15 is 0 Å². The van der Waals surface area contributed by atoms with Gasteiger partial charge in [0.2, 0.25) is 0 Å². The van der Waals surface area contributed by atoms with Crippen LogP contribution in [-0.2, 0) is 6.61 Å². The van der Waals surface area contributed by atoms with Gasteiger partial charge in [0.05, 0.1) is 25.3 Å². The van der Waals surface area contributed by atoms with E-state index in [1.54, 1.807) is 33.3 Å². The van der Waals surface area contributed by atoms with Gasteiger partial charge in [-0.05, 0) is 13.0 Å². The Morgan fingerprint density at radius 2 is 1.80 bits per heavy atom. The molecule has 20 heavy (non-hydrogen) atoms. The molecule has 2 heterocycles. The van der Waals surface area contributed by atoms with Crippen LogP contribution in [0.5, 0.6) is 17.2 Å². The summed E-state index contributed by atoms with van der Waals surface area (Å²) >= 11 is 0. The number of ether oxygens (including phenoxy) is 3. The van der Waals surface area contributed by atoms with E-state index < -0.39 is 0 Å². The molecule has 0 amide bonds. The van der Waals surface area contributed by atoms with Crippen LogP contribution in [0.15, 0.2) is 27.4 Å². The molecule has 1 aromatic heterocycles. The van der Waals surface area contributed by atoms with Crippen LogP contribution in [0.1, 0.15) is 11.3 Å². The zero-order valence-electron chi connectivity index (χ0n) is 11.5. The lowest BCUT2D eigenvalue weighted by molar-refractivity contribution is 0.287. The van der Waals surface area contributed by atoms with Gasteiger partial charge in [0.1, 0.15) is 23.9 Å². The molecule has 0 N–H and O–H groups in total. The fourth-order valence-corrected chi connectivity index (χ4v) is 2.30. The van der Waals surface area contributed by atoms with E-state index in [2.05, 4.69) is 0 Å². The fourth-order valence-electron chi connectivity index (χ4n) is 2.30. The molecule has 5 heteroatoms.